The van der Waals surface area contributed by atoms with Crippen molar-refractivity contribution in [1.29, 1.82) is 0 Å². The number of amides is 2. The maximum Gasteiger partial charge on any atom is 0.260 e. The number of halogens is 2. The van der Waals surface area contributed by atoms with Gasteiger partial charge in [0, 0.05) is 37.3 Å². The van der Waals surface area contributed by atoms with Gasteiger partial charge in [0.15, 0.2) is 18.2 Å². The van der Waals surface area contributed by atoms with E-state index >= 15 is 0 Å². The summed E-state index contributed by atoms with van der Waals surface area (Å²) in [6.45, 7) is 1.64. The summed E-state index contributed by atoms with van der Waals surface area (Å²) in [4.78, 5) is 28.0. The van der Waals surface area contributed by atoms with E-state index in [1.165, 1.54) is 25.3 Å². The normalized spacial score (nSPS) is 14.1. The van der Waals surface area contributed by atoms with Crippen molar-refractivity contribution in [3.05, 3.63) is 64.9 Å². The van der Waals surface area contributed by atoms with E-state index in [9.17, 15) is 14.0 Å². The third-order valence-corrected chi connectivity index (χ3v) is 4.97. The molecule has 0 aromatic heterocycles. The van der Waals surface area contributed by atoms with Crippen molar-refractivity contribution in [2.75, 3.05) is 39.9 Å². The molecule has 2 aromatic carbocycles. The number of benzene rings is 2. The quantitative estimate of drug-likeness (QED) is 0.657. The Morgan fingerprint density at radius 3 is 2.37 bits per heavy atom. The van der Waals surface area contributed by atoms with Gasteiger partial charge >= 0.3 is 0 Å². The van der Waals surface area contributed by atoms with Crippen LogP contribution in [-0.2, 0) is 9.59 Å². The Balaban J connectivity index is 1.46. The molecule has 0 unspecified atom stereocenters. The third kappa shape index (κ3) is 5.73. The van der Waals surface area contributed by atoms with Crippen LogP contribution in [0.2, 0.25) is 5.02 Å². The largest absolute Gasteiger partial charge is 0.494 e. The lowest BCUT2D eigenvalue weighted by Gasteiger charge is -2.34. The second-order valence-electron chi connectivity index (χ2n) is 6.68. The first-order valence-electron chi connectivity index (χ1n) is 9.43. The average molecular weight is 433 g/mol. The zero-order valence-corrected chi connectivity index (χ0v) is 17.3. The highest BCUT2D eigenvalue weighted by atomic mass is 35.5. The van der Waals surface area contributed by atoms with Crippen molar-refractivity contribution in [2.45, 2.75) is 0 Å². The topological polar surface area (TPSA) is 59.1 Å². The van der Waals surface area contributed by atoms with Crippen LogP contribution in [0.5, 0.6) is 11.5 Å². The predicted molar refractivity (Wildman–Crippen MR) is 112 cm³/mol. The van der Waals surface area contributed by atoms with Gasteiger partial charge in [-0.3, -0.25) is 9.59 Å². The summed E-state index contributed by atoms with van der Waals surface area (Å²) >= 11 is 5.82. The fourth-order valence-corrected chi connectivity index (χ4v) is 3.13. The van der Waals surface area contributed by atoms with Gasteiger partial charge in [-0.25, -0.2) is 4.39 Å². The van der Waals surface area contributed by atoms with Crippen molar-refractivity contribution in [1.82, 2.24) is 9.80 Å². The number of piperazine rings is 1. The second kappa shape index (κ2) is 10.1. The monoisotopic (exact) mass is 432 g/mol. The molecule has 1 heterocycles. The van der Waals surface area contributed by atoms with E-state index in [0.717, 1.165) is 0 Å². The van der Waals surface area contributed by atoms with Gasteiger partial charge in [0.25, 0.3) is 5.91 Å². The summed E-state index contributed by atoms with van der Waals surface area (Å²) in [5.74, 6) is -0.0851. The number of hydrogen-bond acceptors (Lipinski definition) is 4. The highest BCUT2D eigenvalue weighted by Crippen LogP contribution is 2.19. The number of carbonyl (C=O) groups excluding carboxylic acids is 2. The van der Waals surface area contributed by atoms with E-state index in [-0.39, 0.29) is 24.2 Å². The molecule has 1 fully saturated rings. The lowest BCUT2D eigenvalue weighted by molar-refractivity contribution is -0.138. The number of ether oxygens (including phenoxy) is 2. The highest BCUT2D eigenvalue weighted by molar-refractivity contribution is 6.30. The van der Waals surface area contributed by atoms with E-state index in [0.29, 0.717) is 42.5 Å². The fraction of sp³-hybridized carbons (Fsp3) is 0.273. The molecule has 8 heteroatoms. The molecule has 0 bridgehead atoms. The lowest BCUT2D eigenvalue weighted by atomic mass is 10.2. The van der Waals surface area contributed by atoms with Gasteiger partial charge in [0.2, 0.25) is 5.91 Å². The average Bonchev–Trinajstić information content (AvgIpc) is 2.77. The standard InChI is InChI=1S/C22H22ClFN2O4/c1-29-20-8-2-16(14-19(20)24)3-9-21(27)25-10-12-26(13-11-25)22(28)15-30-18-6-4-17(23)5-7-18/h2-9,14H,10-13,15H2,1H3/b9-3+. The Morgan fingerprint density at radius 1 is 1.07 bits per heavy atom. The molecular formula is C22H22ClFN2O4. The minimum absolute atomic E-state index is 0.0709. The highest BCUT2D eigenvalue weighted by Gasteiger charge is 2.23. The van der Waals surface area contributed by atoms with Crippen LogP contribution in [0, 0.1) is 5.82 Å². The Bertz CT molecular complexity index is 925. The summed E-state index contributed by atoms with van der Waals surface area (Å²) < 4.78 is 24.1. The van der Waals surface area contributed by atoms with Crippen LogP contribution in [0.15, 0.2) is 48.5 Å². The molecule has 1 saturated heterocycles. The summed E-state index contributed by atoms with van der Waals surface area (Å²) in [7, 11) is 1.39. The lowest BCUT2D eigenvalue weighted by Crippen LogP contribution is -2.51. The molecule has 0 atom stereocenters. The second-order valence-corrected chi connectivity index (χ2v) is 7.11. The molecule has 6 nitrogen and oxygen atoms in total. The van der Waals surface area contributed by atoms with Crippen LogP contribution in [0.3, 0.4) is 0 Å². The molecule has 1 aliphatic heterocycles. The van der Waals surface area contributed by atoms with Crippen LogP contribution in [0.25, 0.3) is 6.08 Å². The molecule has 0 aliphatic carbocycles. The summed E-state index contributed by atoms with van der Waals surface area (Å²) in [5.41, 5.74) is 0.565. The Morgan fingerprint density at radius 2 is 1.73 bits per heavy atom. The van der Waals surface area contributed by atoms with E-state index in [1.54, 1.807) is 46.2 Å². The molecule has 2 amide bonds. The number of nitrogens with zero attached hydrogens (tertiary/aromatic N) is 2. The van der Waals surface area contributed by atoms with Gasteiger partial charge in [-0.15, -0.1) is 0 Å². The van der Waals surface area contributed by atoms with Crippen molar-refractivity contribution in [3.8, 4) is 11.5 Å². The Labute approximate surface area is 179 Å². The van der Waals surface area contributed by atoms with Gasteiger partial charge in [0.1, 0.15) is 5.75 Å². The summed E-state index contributed by atoms with van der Waals surface area (Å²) in [6.07, 6.45) is 2.96. The van der Waals surface area contributed by atoms with Gasteiger partial charge < -0.3 is 19.3 Å². The van der Waals surface area contributed by atoms with Crippen LogP contribution < -0.4 is 9.47 Å². The van der Waals surface area contributed by atoms with Crippen molar-refractivity contribution >= 4 is 29.5 Å². The van der Waals surface area contributed by atoms with E-state index in [4.69, 9.17) is 21.1 Å². The molecule has 0 saturated carbocycles. The van der Waals surface area contributed by atoms with E-state index in [2.05, 4.69) is 0 Å². The summed E-state index contributed by atoms with van der Waals surface area (Å²) in [5, 5.41) is 0.598. The Kier molecular flexibility index (Phi) is 7.30. The fourth-order valence-electron chi connectivity index (χ4n) is 3.00. The van der Waals surface area contributed by atoms with Crippen molar-refractivity contribution < 1.29 is 23.5 Å². The van der Waals surface area contributed by atoms with Gasteiger partial charge in [-0.05, 0) is 48.0 Å². The minimum Gasteiger partial charge on any atom is -0.494 e. The number of hydrogen-bond donors (Lipinski definition) is 0. The van der Waals surface area contributed by atoms with Crippen LogP contribution in [-0.4, -0.2) is 61.5 Å². The molecule has 0 N–H and O–H groups in total. The molecule has 0 spiro atoms. The van der Waals surface area contributed by atoms with Gasteiger partial charge in [-0.2, -0.15) is 0 Å². The zero-order valence-electron chi connectivity index (χ0n) is 16.5. The molecule has 2 aromatic rings. The van der Waals surface area contributed by atoms with Gasteiger partial charge in [-0.1, -0.05) is 17.7 Å². The van der Waals surface area contributed by atoms with E-state index < -0.39 is 5.82 Å². The van der Waals surface area contributed by atoms with Crippen molar-refractivity contribution in [3.63, 3.8) is 0 Å². The Hall–Kier alpha value is -3.06. The molecule has 158 valence electrons. The van der Waals surface area contributed by atoms with Crippen LogP contribution in [0.1, 0.15) is 5.56 Å². The first-order valence-corrected chi connectivity index (χ1v) is 9.81. The van der Waals surface area contributed by atoms with Crippen molar-refractivity contribution in [2.24, 2.45) is 0 Å². The summed E-state index contributed by atoms with van der Waals surface area (Å²) in [6, 6.07) is 11.3. The van der Waals surface area contributed by atoms with E-state index in [1.807, 2.05) is 0 Å². The third-order valence-electron chi connectivity index (χ3n) is 4.71. The SMILES string of the molecule is COc1ccc(/C=C/C(=O)N2CCN(C(=O)COc3ccc(Cl)cc3)CC2)cc1F. The molecule has 30 heavy (non-hydrogen) atoms. The molecule has 1 aliphatic rings. The van der Waals surface area contributed by atoms with Gasteiger partial charge in [0.05, 0.1) is 7.11 Å². The molecular weight excluding hydrogens is 411 g/mol. The number of methoxy groups -OCH3 is 1. The maximum atomic E-state index is 13.7. The van der Waals surface area contributed by atoms with Crippen LogP contribution in [0.4, 0.5) is 4.39 Å². The molecule has 3 rings (SSSR count). The predicted octanol–water partition coefficient (Wildman–Crippen LogP) is 3.25. The molecule has 0 radical (unpaired) electrons. The zero-order chi connectivity index (χ0) is 21.5. The minimum atomic E-state index is -0.486. The smallest absolute Gasteiger partial charge is 0.260 e. The number of rotatable bonds is 6. The first-order chi connectivity index (χ1) is 14.5. The maximum absolute atomic E-state index is 13.7. The number of carbonyl (C=O) groups is 2. The van der Waals surface area contributed by atoms with Crippen LogP contribution >= 0.6 is 11.6 Å². The first kappa shape index (κ1) is 21.6.